The van der Waals surface area contributed by atoms with E-state index in [1.54, 1.807) is 12.1 Å². The van der Waals surface area contributed by atoms with Gasteiger partial charge < -0.3 is 20.3 Å². The first-order chi connectivity index (χ1) is 12.0. The van der Waals surface area contributed by atoms with E-state index in [1.165, 1.54) is 12.1 Å². The van der Waals surface area contributed by atoms with Gasteiger partial charge in [0, 0.05) is 42.8 Å². The lowest BCUT2D eigenvalue weighted by atomic mass is 10.1. The molecule has 0 saturated heterocycles. The summed E-state index contributed by atoms with van der Waals surface area (Å²) in [5, 5.41) is 16.7. The van der Waals surface area contributed by atoms with Crippen LogP contribution < -0.4 is 10.6 Å². The van der Waals surface area contributed by atoms with Crippen molar-refractivity contribution in [2.75, 3.05) is 6.54 Å². The maximum absolute atomic E-state index is 12.8. The molecule has 0 saturated carbocycles. The number of fused-ring (bicyclic) bond motifs is 1. The molecule has 2 amide bonds. The molecule has 1 heterocycles. The third-order valence-electron chi connectivity index (χ3n) is 4.11. The lowest BCUT2D eigenvalue weighted by molar-refractivity contribution is 0.174. The largest absolute Gasteiger partial charge is 0.386 e. The number of aliphatic hydroxyl groups is 1. The van der Waals surface area contributed by atoms with Crippen molar-refractivity contribution in [3.8, 4) is 0 Å². The summed E-state index contributed by atoms with van der Waals surface area (Å²) < 4.78 is 14.8. The van der Waals surface area contributed by atoms with Crippen LogP contribution in [-0.4, -0.2) is 22.2 Å². The average Bonchev–Trinajstić information content (AvgIpc) is 2.96. The Bertz CT molecular complexity index is 874. The molecule has 0 fully saturated rings. The van der Waals surface area contributed by atoms with Crippen molar-refractivity contribution >= 4 is 16.9 Å². The van der Waals surface area contributed by atoms with Crippen molar-refractivity contribution in [3.05, 3.63) is 71.7 Å². The van der Waals surface area contributed by atoms with Gasteiger partial charge in [-0.05, 0) is 23.8 Å². The predicted molar refractivity (Wildman–Crippen MR) is 94.5 cm³/mol. The molecule has 5 nitrogen and oxygen atoms in total. The maximum atomic E-state index is 12.8. The molecule has 0 bridgehead atoms. The molecule has 6 heteroatoms. The van der Waals surface area contributed by atoms with Crippen LogP contribution in [0.4, 0.5) is 9.18 Å². The first kappa shape index (κ1) is 17.0. The number of benzene rings is 2. The Kier molecular flexibility index (Phi) is 5.00. The number of nitrogens with one attached hydrogen (secondary N) is 2. The number of urea groups is 1. The highest BCUT2D eigenvalue weighted by Crippen LogP contribution is 2.25. The number of carbonyl (C=O) groups is 1. The molecular formula is C19H20FN3O2. The number of aryl methyl sites for hydroxylation is 1. The van der Waals surface area contributed by atoms with Gasteiger partial charge >= 0.3 is 6.03 Å². The quantitative estimate of drug-likeness (QED) is 0.668. The van der Waals surface area contributed by atoms with E-state index >= 15 is 0 Å². The number of amides is 2. The summed E-state index contributed by atoms with van der Waals surface area (Å²) in [4.78, 5) is 11.9. The van der Waals surface area contributed by atoms with Crippen LogP contribution in [0.2, 0.25) is 0 Å². The summed E-state index contributed by atoms with van der Waals surface area (Å²) in [7, 11) is 1.92. The van der Waals surface area contributed by atoms with Gasteiger partial charge in [-0.15, -0.1) is 0 Å². The Hall–Kier alpha value is -2.86. The lowest BCUT2D eigenvalue weighted by Crippen LogP contribution is -2.37. The van der Waals surface area contributed by atoms with E-state index in [4.69, 9.17) is 0 Å². The van der Waals surface area contributed by atoms with E-state index in [2.05, 4.69) is 10.6 Å². The van der Waals surface area contributed by atoms with Gasteiger partial charge in [0.25, 0.3) is 0 Å². The third kappa shape index (κ3) is 3.97. The van der Waals surface area contributed by atoms with Crippen molar-refractivity contribution in [2.24, 2.45) is 7.05 Å². The molecule has 0 radical (unpaired) electrons. The summed E-state index contributed by atoms with van der Waals surface area (Å²) in [6.07, 6.45) is 1.07. The minimum absolute atomic E-state index is 0.100. The summed E-state index contributed by atoms with van der Waals surface area (Å²) >= 11 is 0. The van der Waals surface area contributed by atoms with E-state index in [-0.39, 0.29) is 24.9 Å². The number of halogens is 1. The van der Waals surface area contributed by atoms with E-state index < -0.39 is 6.10 Å². The summed E-state index contributed by atoms with van der Waals surface area (Å²) in [6, 6.07) is 13.3. The molecule has 3 N–H and O–H groups in total. The van der Waals surface area contributed by atoms with Crippen LogP contribution in [-0.2, 0) is 13.6 Å². The number of aromatic nitrogens is 1. The molecule has 1 atom stereocenters. The molecule has 25 heavy (non-hydrogen) atoms. The van der Waals surface area contributed by atoms with Gasteiger partial charge in [-0.1, -0.05) is 30.3 Å². The molecule has 0 aliphatic heterocycles. The second-order valence-corrected chi connectivity index (χ2v) is 5.92. The van der Waals surface area contributed by atoms with E-state index in [9.17, 15) is 14.3 Å². The number of hydrogen-bond donors (Lipinski definition) is 3. The zero-order valence-electron chi connectivity index (χ0n) is 13.9. The number of nitrogens with zero attached hydrogens (tertiary/aromatic N) is 1. The van der Waals surface area contributed by atoms with Gasteiger partial charge in [-0.3, -0.25) is 0 Å². The molecule has 1 aromatic heterocycles. The molecule has 3 rings (SSSR count). The third-order valence-corrected chi connectivity index (χ3v) is 4.11. The van der Waals surface area contributed by atoms with Crippen molar-refractivity contribution < 1.29 is 14.3 Å². The number of rotatable bonds is 5. The summed E-state index contributed by atoms with van der Waals surface area (Å²) in [5.41, 5.74) is 2.60. The predicted octanol–water partition coefficient (Wildman–Crippen LogP) is 2.85. The average molecular weight is 341 g/mol. The zero-order valence-corrected chi connectivity index (χ0v) is 13.9. The fourth-order valence-electron chi connectivity index (χ4n) is 2.78. The Morgan fingerprint density at radius 3 is 2.64 bits per heavy atom. The van der Waals surface area contributed by atoms with Gasteiger partial charge in [0.2, 0.25) is 0 Å². The van der Waals surface area contributed by atoms with E-state index in [0.29, 0.717) is 0 Å². The number of aliphatic hydroxyl groups excluding tert-OH is 1. The van der Waals surface area contributed by atoms with Gasteiger partial charge in [0.05, 0.1) is 6.10 Å². The van der Waals surface area contributed by atoms with Crippen molar-refractivity contribution in [1.82, 2.24) is 15.2 Å². The van der Waals surface area contributed by atoms with E-state index in [1.807, 2.05) is 42.1 Å². The SMILES string of the molecule is Cn1cc([C@H](O)CNC(=O)NCc2ccc(F)cc2)c2ccccc21. The van der Waals surface area contributed by atoms with Crippen LogP contribution >= 0.6 is 0 Å². The van der Waals surface area contributed by atoms with Crippen molar-refractivity contribution in [2.45, 2.75) is 12.6 Å². The summed E-state index contributed by atoms with van der Waals surface area (Å²) in [5.74, 6) is -0.314. The number of hydrogen-bond acceptors (Lipinski definition) is 2. The highest BCUT2D eigenvalue weighted by atomic mass is 19.1. The topological polar surface area (TPSA) is 66.3 Å². The van der Waals surface area contributed by atoms with Crippen molar-refractivity contribution in [1.29, 1.82) is 0 Å². The molecule has 2 aromatic carbocycles. The second-order valence-electron chi connectivity index (χ2n) is 5.92. The first-order valence-corrected chi connectivity index (χ1v) is 8.03. The van der Waals surface area contributed by atoms with Gasteiger partial charge in [-0.25, -0.2) is 9.18 Å². The van der Waals surface area contributed by atoms with E-state index in [0.717, 1.165) is 22.0 Å². The summed E-state index contributed by atoms with van der Waals surface area (Å²) in [6.45, 7) is 0.389. The smallest absolute Gasteiger partial charge is 0.315 e. The lowest BCUT2D eigenvalue weighted by Gasteiger charge is -2.12. The monoisotopic (exact) mass is 341 g/mol. The standard InChI is InChI=1S/C19H20FN3O2/c1-23-12-16(15-4-2-3-5-17(15)23)18(24)11-22-19(25)21-10-13-6-8-14(20)9-7-13/h2-9,12,18,24H,10-11H2,1H3,(H2,21,22,25)/t18-/m1/s1. The molecule has 130 valence electrons. The molecular weight excluding hydrogens is 321 g/mol. The molecule has 0 aliphatic rings. The maximum Gasteiger partial charge on any atom is 0.315 e. The minimum atomic E-state index is -0.803. The van der Waals surface area contributed by atoms with Crippen LogP contribution in [0.25, 0.3) is 10.9 Å². The molecule has 0 spiro atoms. The Labute approximate surface area is 145 Å². The number of carbonyl (C=O) groups excluding carboxylic acids is 1. The molecule has 0 aliphatic carbocycles. The normalized spacial score (nSPS) is 12.1. The van der Waals surface area contributed by atoms with Gasteiger partial charge in [0.1, 0.15) is 5.82 Å². The van der Waals surface area contributed by atoms with Crippen LogP contribution in [0.1, 0.15) is 17.2 Å². The van der Waals surface area contributed by atoms with Crippen LogP contribution in [0.5, 0.6) is 0 Å². The zero-order chi connectivity index (χ0) is 17.8. The van der Waals surface area contributed by atoms with Crippen molar-refractivity contribution in [3.63, 3.8) is 0 Å². The fourth-order valence-corrected chi connectivity index (χ4v) is 2.78. The van der Waals surface area contributed by atoms with Crippen LogP contribution in [0.15, 0.2) is 54.7 Å². The van der Waals surface area contributed by atoms with Gasteiger partial charge in [0.15, 0.2) is 0 Å². The number of para-hydroxylation sites is 1. The molecule has 0 unspecified atom stereocenters. The highest BCUT2D eigenvalue weighted by Gasteiger charge is 2.15. The Morgan fingerprint density at radius 2 is 1.88 bits per heavy atom. The van der Waals surface area contributed by atoms with Crippen LogP contribution in [0.3, 0.4) is 0 Å². The second kappa shape index (κ2) is 7.36. The molecule has 3 aromatic rings. The van der Waals surface area contributed by atoms with Gasteiger partial charge in [-0.2, -0.15) is 0 Å². The Balaban J connectivity index is 1.55. The minimum Gasteiger partial charge on any atom is -0.386 e. The highest BCUT2D eigenvalue weighted by molar-refractivity contribution is 5.84. The fraction of sp³-hybridized carbons (Fsp3) is 0.211. The van der Waals surface area contributed by atoms with Crippen LogP contribution in [0, 0.1) is 5.82 Å². The Morgan fingerprint density at radius 1 is 1.16 bits per heavy atom. The first-order valence-electron chi connectivity index (χ1n) is 8.03.